The third-order valence-corrected chi connectivity index (χ3v) is 30.0. The topological polar surface area (TPSA) is 369 Å². The van der Waals surface area contributed by atoms with Gasteiger partial charge in [0.1, 0.15) is 23.0 Å². The molecule has 6 heterocycles. The molecule has 2 fully saturated rings. The number of aryl methyl sites for hydroxylation is 4. The van der Waals surface area contributed by atoms with Gasteiger partial charge in [-0.2, -0.15) is 0 Å². The molecule has 4 aromatic heterocycles. The lowest BCUT2D eigenvalue weighted by Crippen LogP contribution is -2.44. The van der Waals surface area contributed by atoms with Gasteiger partial charge >= 0.3 is 0 Å². The lowest BCUT2D eigenvalue weighted by molar-refractivity contribution is 0.313. The smallest absolute Gasteiger partial charge is 0.241 e. The minimum absolute atomic E-state index is 0.0864. The number of piperazine rings is 2. The average Bonchev–Trinajstić information content (AvgIpc) is 1.10. The van der Waals surface area contributed by atoms with Crippen LogP contribution in [0.3, 0.4) is 0 Å². The van der Waals surface area contributed by atoms with Gasteiger partial charge in [-0.25, -0.2) is 88.1 Å². The summed E-state index contributed by atoms with van der Waals surface area (Å²) in [6.07, 6.45) is 9.05. The number of para-hydroxylation sites is 2. The zero-order chi connectivity index (χ0) is 102. The lowest BCUT2D eigenvalue weighted by atomic mass is 10.0. The highest BCUT2D eigenvalue weighted by Gasteiger charge is 2.28. The molecule has 2 aliphatic rings. The van der Waals surface area contributed by atoms with Crippen LogP contribution < -0.4 is 55.1 Å². The maximum absolute atomic E-state index is 12.8. The second-order valence-corrected chi connectivity index (χ2v) is 45.9. The van der Waals surface area contributed by atoms with Gasteiger partial charge in [-0.15, -0.1) is 0 Å². The van der Waals surface area contributed by atoms with Gasteiger partial charge < -0.3 is 50.3 Å². The average molecular weight is 2010 g/mol. The van der Waals surface area contributed by atoms with Crippen LogP contribution in [0.4, 0.5) is 57.9 Å². The van der Waals surface area contributed by atoms with Gasteiger partial charge in [0.25, 0.3) is 0 Å². The second kappa shape index (κ2) is 47.6. The van der Waals surface area contributed by atoms with Gasteiger partial charge in [-0.05, 0) is 309 Å². The van der Waals surface area contributed by atoms with E-state index in [2.05, 4.69) is 145 Å². The number of rotatable bonds is 31. The summed E-state index contributed by atoms with van der Waals surface area (Å²) in [5.41, 5.74) is 16.4. The Balaban J connectivity index is 0.000000160. The Morgan fingerprint density at radius 2 is 0.692 bits per heavy atom. The first kappa shape index (κ1) is 107. The van der Waals surface area contributed by atoms with Crippen molar-refractivity contribution in [1.29, 1.82) is 0 Å². The fourth-order valence-electron chi connectivity index (χ4n) is 15.8. The molecule has 0 amide bonds. The zero-order valence-corrected chi connectivity index (χ0v) is 87.5. The SMILES string of the molecule is CCc1cnc(Nc2ccc(N3CCN(C)CC3)cc2)nc1Cc1cccc(S(=O)(=O)NC(C)(C)C)c1.CCc1cnc(Nc2ccc(Oc3ccccc3)cc2)nc1Cc1cccc(S(N)(=O)=O)c1.Cc1cnc(Nc2ccc(Oc3ccccc3)cc2)nc1Cc1ccc(S(=O)(=O)CC(C)(C)C)cc1.Cc1nc(Nc2ccc(N3CCN(C)CC3)cc2)nc(Cc2cccc(S(=O)(=O)NC(C)(C)C)c2)c1C. The maximum atomic E-state index is 12.8. The Morgan fingerprint density at radius 1 is 0.350 bits per heavy atom. The van der Waals surface area contributed by atoms with Crippen molar-refractivity contribution in [2.45, 2.75) is 166 Å². The van der Waals surface area contributed by atoms with Crippen molar-refractivity contribution < 1.29 is 43.1 Å². The van der Waals surface area contributed by atoms with Crippen LogP contribution >= 0.6 is 0 Å². The molecule has 0 aliphatic carbocycles. The van der Waals surface area contributed by atoms with E-state index in [1.807, 2.05) is 236 Å². The molecule has 2 aliphatic heterocycles. The van der Waals surface area contributed by atoms with Crippen LogP contribution in [-0.2, 0) is 78.4 Å². The number of nitrogens with two attached hydrogens (primary N) is 1. The predicted octanol–water partition coefficient (Wildman–Crippen LogP) is 20.0. The number of sulfone groups is 1. The molecule has 0 atom stereocenters. The van der Waals surface area contributed by atoms with Gasteiger partial charge in [0.05, 0.1) is 48.1 Å². The molecule has 0 bridgehead atoms. The maximum Gasteiger partial charge on any atom is 0.241 e. The highest BCUT2D eigenvalue weighted by atomic mass is 32.2. The first-order valence-electron chi connectivity index (χ1n) is 47.8. The van der Waals surface area contributed by atoms with Crippen LogP contribution in [0.15, 0.2) is 293 Å². The Labute approximate surface area is 843 Å². The molecule has 8 N–H and O–H groups in total. The summed E-state index contributed by atoms with van der Waals surface area (Å²) in [5, 5.41) is 18.4. The zero-order valence-electron chi connectivity index (χ0n) is 84.2. The predicted molar refractivity (Wildman–Crippen MR) is 572 cm³/mol. The monoisotopic (exact) mass is 2010 g/mol. The molecule has 0 unspecified atom stereocenters. The minimum atomic E-state index is -3.76. The van der Waals surface area contributed by atoms with Crippen LogP contribution in [0.5, 0.6) is 23.0 Å². The van der Waals surface area contributed by atoms with Crippen molar-refractivity contribution in [2.75, 3.05) is 103 Å². The van der Waals surface area contributed by atoms with Gasteiger partial charge in [-0.3, -0.25) is 0 Å². The standard InChI is InChI=1S/C29H31N3O3S.2C28H38N6O2S.C25H24N4O3S/c1-21-19-30-28(31-23-12-14-25(15-13-23)35-24-8-6-5-7-9-24)32-27(21)18-22-10-16-26(17-11-22)36(33,34)20-29(2,3)4;1-20-21(2)29-27(30-23-10-12-24(13-11-23)34-16-14-33(6)15-17-34)31-26(20)19-22-8-7-9-25(18-22)37(35,36)32-28(3,4)5;1-6-22-20-29-27(30-23-10-12-24(13-11-23)34-16-14-33(5)15-17-34)31-26(22)19-21-8-7-9-25(18-21)37(35,36)32-28(2,3)4;1-2-19-17-27-25(29-24(19)16-18-7-6-10-23(15-18)33(26,30)31)28-20-11-13-22(14-12-20)32-21-8-4-3-5-9-21/h5-17,19H,18,20H2,1-4H3,(H,30,31,32);7-13,18,32H,14-17,19H2,1-6H3,(H,29,30,31);7-13,18,20,32H,6,14-17,19H2,1-5H3,(H,29,30,31);3-15,17H,2,16H2,1H3,(H2,26,30,31)(H,27,28,29). The van der Waals surface area contributed by atoms with Crippen molar-refractivity contribution in [3.63, 3.8) is 0 Å². The molecular formula is C110H131N19O10S4. The number of nitrogens with zero attached hydrogens (tertiary/aromatic N) is 12. The van der Waals surface area contributed by atoms with Crippen LogP contribution in [0.1, 0.15) is 149 Å². The quantitative estimate of drug-likeness (QED) is 0.0212. The molecule has 0 saturated carbocycles. The van der Waals surface area contributed by atoms with Gasteiger partial charge in [-0.1, -0.05) is 120 Å². The third-order valence-electron chi connectivity index (χ3n) is 23.3. The molecule has 14 aromatic rings. The van der Waals surface area contributed by atoms with Crippen LogP contribution in [0.2, 0.25) is 0 Å². The van der Waals surface area contributed by atoms with E-state index in [4.69, 9.17) is 29.6 Å². The molecule has 10 aromatic carbocycles. The van der Waals surface area contributed by atoms with E-state index in [0.29, 0.717) is 54.4 Å². The van der Waals surface area contributed by atoms with Gasteiger partial charge in [0.2, 0.25) is 53.9 Å². The van der Waals surface area contributed by atoms with Crippen molar-refractivity contribution in [3.8, 4) is 23.0 Å². The number of anilines is 10. The highest BCUT2D eigenvalue weighted by molar-refractivity contribution is 7.91. The molecular weight excluding hydrogens is 1880 g/mol. The van der Waals surface area contributed by atoms with Crippen molar-refractivity contribution in [1.82, 2.24) is 59.1 Å². The van der Waals surface area contributed by atoms with Crippen molar-refractivity contribution in [2.24, 2.45) is 10.6 Å². The van der Waals surface area contributed by atoms with E-state index in [-0.39, 0.29) is 25.9 Å². The van der Waals surface area contributed by atoms with Crippen LogP contribution in [0, 0.1) is 26.2 Å². The number of sulfonamides is 3. The number of nitrogens with one attached hydrogen (secondary N) is 6. The molecule has 33 heteroatoms. The summed E-state index contributed by atoms with van der Waals surface area (Å²) in [7, 11) is -10.00. The summed E-state index contributed by atoms with van der Waals surface area (Å²) in [6, 6.07) is 78.9. The number of likely N-dealkylation sites (N-methyl/N-ethyl adjacent to an activating group) is 2. The summed E-state index contributed by atoms with van der Waals surface area (Å²) in [6.45, 7) is 35.2. The summed E-state index contributed by atoms with van der Waals surface area (Å²) in [4.78, 5) is 47.4. The number of hydrogen-bond acceptors (Lipinski definition) is 26. The molecule has 2 saturated heterocycles. The van der Waals surface area contributed by atoms with E-state index < -0.39 is 51.0 Å². The second-order valence-electron chi connectivity index (χ2n) is 39.0. The van der Waals surface area contributed by atoms with Crippen molar-refractivity contribution >= 4 is 97.8 Å². The van der Waals surface area contributed by atoms with E-state index in [0.717, 1.165) is 184 Å². The van der Waals surface area contributed by atoms with Crippen LogP contribution in [-0.4, -0.2) is 167 Å². The first-order chi connectivity index (χ1) is 67.9. The fourth-order valence-corrected chi connectivity index (χ4v) is 21.2. The molecule has 16 rings (SSSR count). The van der Waals surface area contributed by atoms with Gasteiger partial charge in [0, 0.05) is 148 Å². The molecule has 750 valence electrons. The molecule has 0 spiro atoms. The first-order valence-corrected chi connectivity index (χ1v) is 53.9. The Bertz CT molecular complexity index is 7110. The lowest BCUT2D eigenvalue weighted by Gasteiger charge is -2.34. The third kappa shape index (κ3) is 32.5. The summed E-state index contributed by atoms with van der Waals surface area (Å²) in [5.74, 6) is 5.14. The molecule has 0 radical (unpaired) electrons. The Morgan fingerprint density at radius 3 is 1.08 bits per heavy atom. The summed E-state index contributed by atoms with van der Waals surface area (Å²) < 4.78 is 117. The number of benzene rings is 10. The van der Waals surface area contributed by atoms with E-state index in [1.54, 1.807) is 73.1 Å². The minimum Gasteiger partial charge on any atom is -0.457 e. The Hall–Kier alpha value is -13.5. The largest absolute Gasteiger partial charge is 0.457 e. The van der Waals surface area contributed by atoms with Crippen molar-refractivity contribution in [3.05, 3.63) is 346 Å². The number of primary sulfonamides is 1. The van der Waals surface area contributed by atoms with E-state index in [1.165, 1.54) is 17.4 Å². The number of aromatic nitrogens is 8. The number of hydrogen-bond donors (Lipinski definition) is 7. The summed E-state index contributed by atoms with van der Waals surface area (Å²) >= 11 is 0. The van der Waals surface area contributed by atoms with E-state index in [9.17, 15) is 33.7 Å². The van der Waals surface area contributed by atoms with Gasteiger partial charge in [0.15, 0.2) is 9.84 Å². The fraction of sp³-hybridized carbons (Fsp3) is 0.309. The number of ether oxygens (including phenoxy) is 2. The van der Waals surface area contributed by atoms with E-state index >= 15 is 0 Å². The highest BCUT2D eigenvalue weighted by Crippen LogP contribution is 2.33. The Kier molecular flexibility index (Phi) is 35.6. The van der Waals surface area contributed by atoms with Crippen LogP contribution in [0.25, 0.3) is 0 Å². The normalized spacial score (nSPS) is 13.4. The molecule has 143 heavy (non-hydrogen) atoms. The molecule has 29 nitrogen and oxygen atoms in total.